The Bertz CT molecular complexity index is 967. The van der Waals surface area contributed by atoms with Gasteiger partial charge in [0, 0.05) is 18.7 Å². The first kappa shape index (κ1) is 19.1. The highest BCUT2D eigenvalue weighted by Gasteiger charge is 2.30. The van der Waals surface area contributed by atoms with Crippen molar-refractivity contribution in [1.82, 2.24) is 4.72 Å². The maximum atomic E-state index is 12.8. The van der Waals surface area contributed by atoms with Crippen LogP contribution in [0.25, 0.3) is 0 Å². The highest BCUT2D eigenvalue weighted by atomic mass is 32.2. The summed E-state index contributed by atoms with van der Waals surface area (Å²) in [6.45, 7) is 4.30. The van der Waals surface area contributed by atoms with Gasteiger partial charge >= 0.3 is 0 Å². The molecule has 1 aliphatic rings. The minimum absolute atomic E-state index is 0.0902. The van der Waals surface area contributed by atoms with Gasteiger partial charge in [0.15, 0.2) is 0 Å². The minimum atomic E-state index is -3.72. The maximum Gasteiger partial charge on any atom is 0.262 e. The highest BCUT2D eigenvalue weighted by Crippen LogP contribution is 2.25. The van der Waals surface area contributed by atoms with Gasteiger partial charge in [0.05, 0.1) is 10.3 Å². The van der Waals surface area contributed by atoms with Crippen molar-refractivity contribution in [2.75, 3.05) is 11.9 Å². The standard InChI is InChI=1S/C20H23N3O3S/c1-20(2,15-8-4-3-5-9-15)19(24)22-16-10-6-11-17(14-16)27(25,26)23-18-12-7-13-21-18/h3-6,8-11,14H,7,12-13H2,1-2H3,(H,21,23)(H,22,24). The summed E-state index contributed by atoms with van der Waals surface area (Å²) in [6.07, 6.45) is 1.48. The van der Waals surface area contributed by atoms with Gasteiger partial charge in [-0.05, 0) is 44.0 Å². The monoisotopic (exact) mass is 385 g/mol. The van der Waals surface area contributed by atoms with Gasteiger partial charge in [-0.1, -0.05) is 36.4 Å². The molecule has 1 heterocycles. The Morgan fingerprint density at radius 1 is 1.07 bits per heavy atom. The van der Waals surface area contributed by atoms with Crippen LogP contribution in [0.5, 0.6) is 0 Å². The van der Waals surface area contributed by atoms with Crippen LogP contribution in [0.1, 0.15) is 32.3 Å². The fourth-order valence-corrected chi connectivity index (χ4v) is 3.99. The van der Waals surface area contributed by atoms with Crippen LogP contribution in [-0.2, 0) is 20.2 Å². The summed E-state index contributed by atoms with van der Waals surface area (Å²) in [7, 11) is -3.72. The number of rotatable bonds is 5. The molecule has 3 rings (SSSR count). The molecule has 0 aromatic heterocycles. The Balaban J connectivity index is 1.78. The Hall–Kier alpha value is -2.67. The molecule has 0 atom stereocenters. The summed E-state index contributed by atoms with van der Waals surface area (Å²) >= 11 is 0. The average Bonchev–Trinajstić information content (AvgIpc) is 3.15. The molecular weight excluding hydrogens is 362 g/mol. The summed E-state index contributed by atoms with van der Waals surface area (Å²) in [5, 5.41) is 2.83. The van der Waals surface area contributed by atoms with E-state index in [1.54, 1.807) is 12.1 Å². The van der Waals surface area contributed by atoms with E-state index in [4.69, 9.17) is 0 Å². The topological polar surface area (TPSA) is 87.6 Å². The number of anilines is 1. The van der Waals surface area contributed by atoms with Crippen molar-refractivity contribution >= 4 is 27.5 Å². The van der Waals surface area contributed by atoms with Gasteiger partial charge in [0.1, 0.15) is 5.84 Å². The number of nitrogens with one attached hydrogen (secondary N) is 2. The van der Waals surface area contributed by atoms with Crippen molar-refractivity contribution in [2.24, 2.45) is 4.99 Å². The molecule has 27 heavy (non-hydrogen) atoms. The van der Waals surface area contributed by atoms with E-state index < -0.39 is 15.4 Å². The zero-order valence-corrected chi connectivity index (χ0v) is 16.2. The van der Waals surface area contributed by atoms with Crippen molar-refractivity contribution in [3.8, 4) is 0 Å². The maximum absolute atomic E-state index is 12.8. The van der Waals surface area contributed by atoms with Crippen LogP contribution >= 0.6 is 0 Å². The van der Waals surface area contributed by atoms with Gasteiger partial charge in [-0.15, -0.1) is 0 Å². The summed E-state index contributed by atoms with van der Waals surface area (Å²) in [4.78, 5) is 17.0. The molecule has 1 aliphatic heterocycles. The van der Waals surface area contributed by atoms with E-state index in [2.05, 4.69) is 15.0 Å². The van der Waals surface area contributed by atoms with Crippen LogP contribution in [0.3, 0.4) is 0 Å². The number of carbonyl (C=O) groups excluding carboxylic acids is 1. The molecule has 0 spiro atoms. The van der Waals surface area contributed by atoms with E-state index in [1.807, 2.05) is 44.2 Å². The zero-order valence-electron chi connectivity index (χ0n) is 15.4. The van der Waals surface area contributed by atoms with E-state index in [9.17, 15) is 13.2 Å². The molecule has 0 radical (unpaired) electrons. The molecule has 1 amide bonds. The lowest BCUT2D eigenvalue weighted by Gasteiger charge is -2.24. The lowest BCUT2D eigenvalue weighted by atomic mass is 9.83. The van der Waals surface area contributed by atoms with Crippen LogP contribution in [0.2, 0.25) is 0 Å². The van der Waals surface area contributed by atoms with Gasteiger partial charge in [0.2, 0.25) is 5.91 Å². The Morgan fingerprint density at radius 3 is 2.48 bits per heavy atom. The first-order chi connectivity index (χ1) is 12.8. The van der Waals surface area contributed by atoms with Gasteiger partial charge in [-0.3, -0.25) is 14.5 Å². The van der Waals surface area contributed by atoms with E-state index in [1.165, 1.54) is 12.1 Å². The Kier molecular flexibility index (Phi) is 5.32. The second kappa shape index (κ2) is 7.52. The molecule has 2 aromatic carbocycles. The summed E-state index contributed by atoms with van der Waals surface area (Å²) in [6, 6.07) is 15.7. The molecule has 0 aliphatic carbocycles. The molecule has 0 saturated heterocycles. The first-order valence-electron chi connectivity index (χ1n) is 8.82. The van der Waals surface area contributed by atoms with Crippen LogP contribution in [0, 0.1) is 0 Å². The van der Waals surface area contributed by atoms with Crippen LogP contribution in [0.15, 0.2) is 64.5 Å². The summed E-state index contributed by atoms with van der Waals surface area (Å²) < 4.78 is 27.6. The van der Waals surface area contributed by atoms with E-state index in [-0.39, 0.29) is 10.8 Å². The third kappa shape index (κ3) is 4.36. The molecule has 0 fully saturated rings. The average molecular weight is 385 g/mol. The fourth-order valence-electron chi connectivity index (χ4n) is 2.85. The lowest BCUT2D eigenvalue weighted by molar-refractivity contribution is -0.120. The third-order valence-electron chi connectivity index (χ3n) is 4.59. The lowest BCUT2D eigenvalue weighted by Crippen LogP contribution is -2.34. The number of amides is 1. The molecule has 2 aromatic rings. The molecule has 142 valence electrons. The molecule has 0 saturated carbocycles. The Labute approximate surface area is 159 Å². The number of sulfonamides is 1. The van der Waals surface area contributed by atoms with Gasteiger partial charge in [-0.25, -0.2) is 8.42 Å². The third-order valence-corrected chi connectivity index (χ3v) is 5.97. The quantitative estimate of drug-likeness (QED) is 0.829. The number of nitrogens with zero attached hydrogens (tertiary/aromatic N) is 1. The smallest absolute Gasteiger partial charge is 0.262 e. The molecule has 7 heteroatoms. The van der Waals surface area contributed by atoms with Crippen molar-refractivity contribution in [3.63, 3.8) is 0 Å². The number of amidine groups is 1. The van der Waals surface area contributed by atoms with Crippen LogP contribution in [-0.4, -0.2) is 26.7 Å². The summed E-state index contributed by atoms with van der Waals surface area (Å²) in [5.41, 5.74) is 0.555. The largest absolute Gasteiger partial charge is 0.325 e. The Morgan fingerprint density at radius 2 is 1.81 bits per heavy atom. The number of carbonyl (C=O) groups is 1. The molecule has 0 unspecified atom stereocenters. The van der Waals surface area contributed by atoms with Crippen molar-refractivity contribution in [1.29, 1.82) is 0 Å². The zero-order chi connectivity index (χ0) is 19.5. The van der Waals surface area contributed by atoms with E-state index in [0.29, 0.717) is 24.5 Å². The molecular formula is C20H23N3O3S. The van der Waals surface area contributed by atoms with Crippen molar-refractivity contribution in [2.45, 2.75) is 37.0 Å². The SMILES string of the molecule is CC(C)(C(=O)Nc1cccc(S(=O)(=O)NC2=NCCC2)c1)c1ccccc1. The second-order valence-electron chi connectivity index (χ2n) is 7.01. The minimum Gasteiger partial charge on any atom is -0.325 e. The molecule has 2 N–H and O–H groups in total. The van der Waals surface area contributed by atoms with Crippen LogP contribution < -0.4 is 10.0 Å². The van der Waals surface area contributed by atoms with Gasteiger partial charge in [-0.2, -0.15) is 0 Å². The van der Waals surface area contributed by atoms with Gasteiger partial charge < -0.3 is 5.32 Å². The second-order valence-corrected chi connectivity index (χ2v) is 8.69. The fraction of sp³-hybridized carbons (Fsp3) is 0.300. The van der Waals surface area contributed by atoms with Crippen molar-refractivity contribution < 1.29 is 13.2 Å². The normalized spacial score (nSPS) is 14.5. The van der Waals surface area contributed by atoms with E-state index >= 15 is 0 Å². The highest BCUT2D eigenvalue weighted by molar-refractivity contribution is 7.90. The predicted molar refractivity (Wildman–Crippen MR) is 106 cm³/mol. The molecule has 6 nitrogen and oxygen atoms in total. The molecule has 0 bridgehead atoms. The number of hydrogen-bond acceptors (Lipinski definition) is 4. The van der Waals surface area contributed by atoms with E-state index in [0.717, 1.165) is 12.0 Å². The van der Waals surface area contributed by atoms with Gasteiger partial charge in [0.25, 0.3) is 10.0 Å². The predicted octanol–water partition coefficient (Wildman–Crippen LogP) is 3.07. The van der Waals surface area contributed by atoms with Crippen molar-refractivity contribution in [3.05, 3.63) is 60.2 Å². The number of aliphatic imine (C=N–C) groups is 1. The summed E-state index contributed by atoms with van der Waals surface area (Å²) in [5.74, 6) is 0.269. The number of benzene rings is 2. The van der Waals surface area contributed by atoms with Crippen LogP contribution in [0.4, 0.5) is 5.69 Å². The number of hydrogen-bond donors (Lipinski definition) is 2. The first-order valence-corrected chi connectivity index (χ1v) is 10.3.